The van der Waals surface area contributed by atoms with Crippen LogP contribution in [0.2, 0.25) is 0 Å². The van der Waals surface area contributed by atoms with Crippen molar-refractivity contribution in [1.82, 2.24) is 20.0 Å². The lowest BCUT2D eigenvalue weighted by molar-refractivity contribution is 0.0945. The first-order valence-corrected chi connectivity index (χ1v) is 12.4. The monoisotopic (exact) mass is 477 g/mol. The van der Waals surface area contributed by atoms with Gasteiger partial charge in [0.1, 0.15) is 11.6 Å². The number of benzene rings is 2. The number of aromatic nitrogens is 2. The number of nitrogens with one attached hydrogen (secondary N) is 1. The minimum atomic E-state index is -0.280. The Morgan fingerprint density at radius 2 is 1.71 bits per heavy atom. The van der Waals surface area contributed by atoms with Crippen molar-refractivity contribution in [2.45, 2.75) is 25.7 Å². The maximum Gasteiger partial charge on any atom is 0.272 e. The van der Waals surface area contributed by atoms with Crippen LogP contribution in [-0.4, -0.2) is 67.0 Å². The van der Waals surface area contributed by atoms with E-state index in [4.69, 9.17) is 4.74 Å². The van der Waals surface area contributed by atoms with Crippen molar-refractivity contribution >= 4 is 11.6 Å². The maximum atomic E-state index is 13.3. The van der Waals surface area contributed by atoms with Gasteiger partial charge in [-0.05, 0) is 80.8 Å². The number of rotatable bonds is 8. The number of methoxy groups -OCH3 is 1. The first kappa shape index (κ1) is 23.4. The predicted octanol–water partition coefficient (Wildman–Crippen LogP) is 3.45. The zero-order chi connectivity index (χ0) is 24.2. The highest BCUT2D eigenvalue weighted by molar-refractivity contribution is 5.94. The molecule has 2 aliphatic rings. The number of ether oxygens (including phenoxy) is 1. The first-order chi connectivity index (χ1) is 17.1. The van der Waals surface area contributed by atoms with E-state index in [2.05, 4.69) is 32.3 Å². The highest BCUT2D eigenvalue weighted by Crippen LogP contribution is 2.28. The van der Waals surface area contributed by atoms with E-state index >= 15 is 0 Å². The minimum absolute atomic E-state index is 0.117. The van der Waals surface area contributed by atoms with Crippen molar-refractivity contribution < 1.29 is 13.9 Å². The van der Waals surface area contributed by atoms with Crippen LogP contribution in [0.25, 0.3) is 5.69 Å². The van der Waals surface area contributed by atoms with Gasteiger partial charge in [0.2, 0.25) is 0 Å². The number of nitrogens with zero attached hydrogens (tertiary/aromatic N) is 4. The van der Waals surface area contributed by atoms with Crippen LogP contribution in [0.1, 0.15) is 34.6 Å². The molecule has 2 aromatic carbocycles. The van der Waals surface area contributed by atoms with Crippen molar-refractivity contribution in [2.24, 2.45) is 0 Å². The van der Waals surface area contributed by atoms with E-state index in [0.717, 1.165) is 81.1 Å². The molecule has 8 heteroatoms. The Morgan fingerprint density at radius 1 is 1.00 bits per heavy atom. The quantitative estimate of drug-likeness (QED) is 0.504. The first-order valence-electron chi connectivity index (χ1n) is 12.4. The molecule has 1 amide bonds. The summed E-state index contributed by atoms with van der Waals surface area (Å²) >= 11 is 0. The van der Waals surface area contributed by atoms with Gasteiger partial charge in [-0.2, -0.15) is 5.10 Å². The smallest absolute Gasteiger partial charge is 0.272 e. The lowest BCUT2D eigenvalue weighted by Gasteiger charge is -2.36. The number of carbonyl (C=O) groups is 1. The lowest BCUT2D eigenvalue weighted by atomic mass is 10.2. The predicted molar refractivity (Wildman–Crippen MR) is 134 cm³/mol. The molecule has 0 saturated carbocycles. The normalized spacial score (nSPS) is 15.8. The molecule has 2 heterocycles. The number of carbonyl (C=O) groups excluding carboxylic acids is 1. The van der Waals surface area contributed by atoms with Crippen molar-refractivity contribution in [3.8, 4) is 11.4 Å². The van der Waals surface area contributed by atoms with E-state index in [1.54, 1.807) is 23.9 Å². The Hall–Kier alpha value is -3.39. The Balaban J connectivity index is 1.10. The zero-order valence-corrected chi connectivity index (χ0v) is 20.2. The summed E-state index contributed by atoms with van der Waals surface area (Å²) in [5.41, 5.74) is 4.62. The molecule has 0 atom stereocenters. The summed E-state index contributed by atoms with van der Waals surface area (Å²) in [5.74, 6) is 0.479. The van der Waals surface area contributed by atoms with Gasteiger partial charge in [-0.1, -0.05) is 0 Å². The van der Waals surface area contributed by atoms with Gasteiger partial charge >= 0.3 is 0 Å². The van der Waals surface area contributed by atoms with Gasteiger partial charge in [-0.15, -0.1) is 0 Å². The average Bonchev–Trinajstić information content (AvgIpc) is 3.51. The van der Waals surface area contributed by atoms with Crippen LogP contribution in [0.3, 0.4) is 0 Å². The van der Waals surface area contributed by atoms with Crippen molar-refractivity contribution in [3.05, 3.63) is 71.3 Å². The Bertz CT molecular complexity index is 1150. The fourth-order valence-corrected chi connectivity index (χ4v) is 5.03. The number of halogens is 1. The molecule has 0 unspecified atom stereocenters. The second-order valence-corrected chi connectivity index (χ2v) is 9.15. The molecule has 1 aromatic heterocycles. The number of hydrogen-bond acceptors (Lipinski definition) is 5. The van der Waals surface area contributed by atoms with E-state index in [1.807, 2.05) is 12.1 Å². The van der Waals surface area contributed by atoms with Gasteiger partial charge in [-0.25, -0.2) is 9.07 Å². The molecule has 0 spiro atoms. The third-order valence-electron chi connectivity index (χ3n) is 6.96. The van der Waals surface area contributed by atoms with Crippen molar-refractivity contribution in [3.63, 3.8) is 0 Å². The zero-order valence-electron chi connectivity index (χ0n) is 20.2. The molecule has 1 saturated heterocycles. The number of amides is 1. The summed E-state index contributed by atoms with van der Waals surface area (Å²) in [7, 11) is 1.68. The molecule has 0 bridgehead atoms. The fourth-order valence-electron chi connectivity index (χ4n) is 5.03. The summed E-state index contributed by atoms with van der Waals surface area (Å²) in [4.78, 5) is 17.8. The van der Waals surface area contributed by atoms with E-state index in [0.29, 0.717) is 12.2 Å². The number of anilines is 1. The van der Waals surface area contributed by atoms with Gasteiger partial charge in [0, 0.05) is 49.7 Å². The molecule has 1 aliphatic heterocycles. The molecular formula is C27H32FN5O2. The molecule has 1 N–H and O–H groups in total. The summed E-state index contributed by atoms with van der Waals surface area (Å²) in [5, 5.41) is 7.67. The van der Waals surface area contributed by atoms with Gasteiger partial charge in [-0.3, -0.25) is 9.69 Å². The van der Waals surface area contributed by atoms with E-state index in [9.17, 15) is 9.18 Å². The highest BCUT2D eigenvalue weighted by atomic mass is 19.1. The fraction of sp³-hybridized carbons (Fsp3) is 0.407. The molecule has 184 valence electrons. The Labute approximate surface area is 205 Å². The van der Waals surface area contributed by atoms with Crippen LogP contribution in [0.15, 0.2) is 48.5 Å². The second-order valence-electron chi connectivity index (χ2n) is 9.15. The molecule has 35 heavy (non-hydrogen) atoms. The standard InChI is InChI=1S/C27H32FN5O2/c1-35-23-12-10-21(11-13-23)32-18-16-31(17-19-32)15-3-14-29-27(34)26-24-4-2-5-25(24)33(30-26)22-8-6-20(28)7-9-22/h6-13H,2-5,14-19H2,1H3,(H,29,34). The largest absolute Gasteiger partial charge is 0.497 e. The summed E-state index contributed by atoms with van der Waals surface area (Å²) in [6.07, 6.45) is 3.65. The highest BCUT2D eigenvalue weighted by Gasteiger charge is 2.27. The van der Waals surface area contributed by atoms with Crippen LogP contribution in [0.5, 0.6) is 5.75 Å². The van der Waals surface area contributed by atoms with E-state index in [1.165, 1.54) is 17.8 Å². The Morgan fingerprint density at radius 3 is 2.43 bits per heavy atom. The van der Waals surface area contributed by atoms with Crippen LogP contribution < -0.4 is 15.0 Å². The molecule has 1 fully saturated rings. The van der Waals surface area contributed by atoms with Crippen molar-refractivity contribution in [1.29, 1.82) is 0 Å². The van der Waals surface area contributed by atoms with Gasteiger partial charge in [0.25, 0.3) is 5.91 Å². The molecular weight excluding hydrogens is 445 g/mol. The average molecular weight is 478 g/mol. The SMILES string of the molecule is COc1ccc(N2CCN(CCCNC(=O)c3nn(-c4ccc(F)cc4)c4c3CCC4)CC2)cc1. The summed E-state index contributed by atoms with van der Waals surface area (Å²) < 4.78 is 20.4. The topological polar surface area (TPSA) is 62.6 Å². The van der Waals surface area contributed by atoms with Crippen LogP contribution >= 0.6 is 0 Å². The van der Waals surface area contributed by atoms with Gasteiger partial charge in [0.15, 0.2) is 5.69 Å². The lowest BCUT2D eigenvalue weighted by Crippen LogP contribution is -2.47. The Kier molecular flexibility index (Phi) is 6.99. The van der Waals surface area contributed by atoms with E-state index in [-0.39, 0.29) is 11.7 Å². The van der Waals surface area contributed by atoms with E-state index < -0.39 is 0 Å². The summed E-state index contributed by atoms with van der Waals surface area (Å²) in [6.45, 7) is 5.58. The minimum Gasteiger partial charge on any atom is -0.497 e. The molecule has 5 rings (SSSR count). The van der Waals surface area contributed by atoms with Crippen LogP contribution in [-0.2, 0) is 12.8 Å². The number of hydrogen-bond donors (Lipinski definition) is 1. The molecule has 0 radical (unpaired) electrons. The third kappa shape index (κ3) is 5.17. The van der Waals surface area contributed by atoms with Gasteiger partial charge in [0.05, 0.1) is 12.8 Å². The number of piperazine rings is 1. The molecule has 3 aromatic rings. The van der Waals surface area contributed by atoms with Crippen LogP contribution in [0.4, 0.5) is 10.1 Å². The second kappa shape index (κ2) is 10.5. The maximum absolute atomic E-state index is 13.3. The summed E-state index contributed by atoms with van der Waals surface area (Å²) in [6, 6.07) is 14.5. The number of fused-ring (bicyclic) bond motifs is 1. The van der Waals surface area contributed by atoms with Crippen molar-refractivity contribution in [2.75, 3.05) is 51.3 Å². The molecule has 1 aliphatic carbocycles. The third-order valence-corrected chi connectivity index (χ3v) is 6.96. The van der Waals surface area contributed by atoms with Gasteiger partial charge < -0.3 is 15.0 Å². The van der Waals surface area contributed by atoms with Crippen LogP contribution in [0, 0.1) is 5.82 Å². The molecule has 7 nitrogen and oxygen atoms in total.